The summed E-state index contributed by atoms with van der Waals surface area (Å²) in [6.07, 6.45) is 4.96. The lowest BCUT2D eigenvalue weighted by molar-refractivity contribution is 0.296. The fourth-order valence-corrected chi connectivity index (χ4v) is 2.07. The molecular weight excluding hydrogens is 262 g/mol. The Balaban J connectivity index is 1.83. The summed E-state index contributed by atoms with van der Waals surface area (Å²) in [5.41, 5.74) is 1.18. The molecule has 1 saturated carbocycles. The highest BCUT2D eigenvalue weighted by Crippen LogP contribution is 2.30. The van der Waals surface area contributed by atoms with E-state index in [2.05, 4.69) is 28.6 Å². The summed E-state index contributed by atoms with van der Waals surface area (Å²) in [4.78, 5) is 4.24. The van der Waals surface area contributed by atoms with Gasteiger partial charge < -0.3 is 15.4 Å². The van der Waals surface area contributed by atoms with Crippen LogP contribution in [0.1, 0.15) is 38.2 Å². The number of ether oxygens (including phenoxy) is 1. The fraction of sp³-hybridized carbons (Fsp3) is 0.588. The van der Waals surface area contributed by atoms with Gasteiger partial charge in [-0.3, -0.25) is 4.99 Å². The third-order valence-corrected chi connectivity index (χ3v) is 3.64. The third-order valence-electron chi connectivity index (χ3n) is 3.64. The maximum atomic E-state index is 5.93. The molecule has 1 aromatic rings. The molecule has 0 spiro atoms. The summed E-state index contributed by atoms with van der Waals surface area (Å²) in [6.45, 7) is 4.72. The van der Waals surface area contributed by atoms with Crippen molar-refractivity contribution in [3.63, 3.8) is 0 Å². The van der Waals surface area contributed by atoms with Crippen LogP contribution in [-0.2, 0) is 6.54 Å². The number of nitrogens with one attached hydrogen (secondary N) is 2. The number of hydrogen-bond acceptors (Lipinski definition) is 2. The smallest absolute Gasteiger partial charge is 0.191 e. The summed E-state index contributed by atoms with van der Waals surface area (Å²) < 4.78 is 5.93. The van der Waals surface area contributed by atoms with Gasteiger partial charge in [-0.1, -0.05) is 31.5 Å². The largest absolute Gasteiger partial charge is 0.493 e. The van der Waals surface area contributed by atoms with Crippen LogP contribution in [0.15, 0.2) is 29.3 Å². The van der Waals surface area contributed by atoms with E-state index in [9.17, 15) is 0 Å². The lowest BCUT2D eigenvalue weighted by Gasteiger charge is -2.14. The van der Waals surface area contributed by atoms with Crippen molar-refractivity contribution in [2.24, 2.45) is 10.9 Å². The van der Waals surface area contributed by atoms with Crippen LogP contribution in [-0.4, -0.2) is 26.2 Å². The van der Waals surface area contributed by atoms with Crippen molar-refractivity contribution in [2.45, 2.75) is 39.2 Å². The van der Waals surface area contributed by atoms with Gasteiger partial charge in [-0.15, -0.1) is 0 Å². The first-order chi connectivity index (χ1) is 10.3. The highest BCUT2D eigenvalue weighted by atomic mass is 16.5. The first-order valence-electron chi connectivity index (χ1n) is 7.98. The zero-order valence-corrected chi connectivity index (χ0v) is 13.2. The Morgan fingerprint density at radius 2 is 2.10 bits per heavy atom. The number of rotatable bonds is 8. The first-order valence-corrected chi connectivity index (χ1v) is 7.98. The van der Waals surface area contributed by atoms with Gasteiger partial charge in [0.15, 0.2) is 5.96 Å². The molecule has 0 radical (unpaired) electrons. The molecule has 2 N–H and O–H groups in total. The van der Waals surface area contributed by atoms with Crippen LogP contribution in [0.4, 0.5) is 0 Å². The van der Waals surface area contributed by atoms with Crippen LogP contribution < -0.4 is 15.4 Å². The second kappa shape index (κ2) is 8.55. The van der Waals surface area contributed by atoms with Gasteiger partial charge >= 0.3 is 0 Å². The zero-order valence-electron chi connectivity index (χ0n) is 13.2. The Labute approximate surface area is 128 Å². The highest BCUT2D eigenvalue weighted by molar-refractivity contribution is 5.79. The minimum absolute atomic E-state index is 0.729. The van der Waals surface area contributed by atoms with Gasteiger partial charge in [0.2, 0.25) is 0 Å². The van der Waals surface area contributed by atoms with Gasteiger partial charge in [-0.25, -0.2) is 0 Å². The van der Waals surface area contributed by atoms with Gasteiger partial charge in [0.1, 0.15) is 5.75 Å². The number of benzene rings is 1. The number of para-hydroxylation sites is 1. The second-order valence-electron chi connectivity index (χ2n) is 5.57. The lowest BCUT2D eigenvalue weighted by Crippen LogP contribution is -2.37. The van der Waals surface area contributed by atoms with E-state index in [1.54, 1.807) is 7.05 Å². The van der Waals surface area contributed by atoms with Crippen LogP contribution in [0, 0.1) is 5.92 Å². The van der Waals surface area contributed by atoms with Crippen LogP contribution in [0.2, 0.25) is 0 Å². The Morgan fingerprint density at radius 1 is 1.29 bits per heavy atom. The molecule has 0 aromatic heterocycles. The van der Waals surface area contributed by atoms with Gasteiger partial charge in [0.25, 0.3) is 0 Å². The molecule has 0 bridgehead atoms. The average molecular weight is 289 g/mol. The maximum absolute atomic E-state index is 5.93. The highest BCUT2D eigenvalue weighted by Gasteiger charge is 2.22. The van der Waals surface area contributed by atoms with E-state index in [1.807, 2.05) is 18.2 Å². The molecular formula is C17H27N3O. The summed E-state index contributed by atoms with van der Waals surface area (Å²) in [5, 5.41) is 6.67. The molecule has 21 heavy (non-hydrogen) atoms. The van der Waals surface area contributed by atoms with Crippen molar-refractivity contribution in [1.29, 1.82) is 0 Å². The molecule has 116 valence electrons. The van der Waals surface area contributed by atoms with E-state index >= 15 is 0 Å². The van der Waals surface area contributed by atoms with E-state index < -0.39 is 0 Å². The second-order valence-corrected chi connectivity index (χ2v) is 5.57. The van der Waals surface area contributed by atoms with E-state index in [-0.39, 0.29) is 0 Å². The SMILES string of the molecule is CCCCNC(=NC)NCc1ccccc1OCC1CC1. The fourth-order valence-electron chi connectivity index (χ4n) is 2.07. The van der Waals surface area contributed by atoms with Gasteiger partial charge in [-0.2, -0.15) is 0 Å². The van der Waals surface area contributed by atoms with Crippen molar-refractivity contribution in [3.8, 4) is 5.75 Å². The molecule has 1 aliphatic carbocycles. The molecule has 4 heteroatoms. The standard InChI is InChI=1S/C17H27N3O/c1-3-4-11-19-17(18-2)20-12-15-7-5-6-8-16(15)21-13-14-9-10-14/h5-8,14H,3-4,9-13H2,1-2H3,(H2,18,19,20). The molecule has 1 aliphatic rings. The summed E-state index contributed by atoms with van der Waals surface area (Å²) in [5.74, 6) is 2.61. The number of unbranched alkanes of at least 4 members (excludes halogenated alkanes) is 1. The quantitative estimate of drug-likeness (QED) is 0.439. The van der Waals surface area contributed by atoms with E-state index in [4.69, 9.17) is 4.74 Å². The van der Waals surface area contributed by atoms with Crippen molar-refractivity contribution in [3.05, 3.63) is 29.8 Å². The Kier molecular flexibility index (Phi) is 6.38. The Bertz CT molecular complexity index is 455. The van der Waals surface area contributed by atoms with Gasteiger partial charge in [-0.05, 0) is 31.2 Å². The number of guanidine groups is 1. The van der Waals surface area contributed by atoms with Gasteiger partial charge in [0, 0.05) is 25.7 Å². The van der Waals surface area contributed by atoms with Crippen molar-refractivity contribution in [2.75, 3.05) is 20.2 Å². The Hall–Kier alpha value is -1.71. The first kappa shape index (κ1) is 15.7. The summed E-state index contributed by atoms with van der Waals surface area (Å²) in [6, 6.07) is 8.23. The number of aliphatic imine (C=N–C) groups is 1. The predicted octanol–water partition coefficient (Wildman–Crippen LogP) is 2.94. The molecule has 0 heterocycles. The third kappa shape index (κ3) is 5.66. The van der Waals surface area contributed by atoms with Crippen LogP contribution in [0.5, 0.6) is 5.75 Å². The van der Waals surface area contributed by atoms with Crippen molar-refractivity contribution >= 4 is 5.96 Å². The minimum Gasteiger partial charge on any atom is -0.493 e. The molecule has 1 aromatic carbocycles. The summed E-state index contributed by atoms with van der Waals surface area (Å²) >= 11 is 0. The summed E-state index contributed by atoms with van der Waals surface area (Å²) in [7, 11) is 1.80. The van der Waals surface area contributed by atoms with Gasteiger partial charge in [0.05, 0.1) is 6.61 Å². The molecule has 0 saturated heterocycles. The normalized spacial score (nSPS) is 14.9. The maximum Gasteiger partial charge on any atom is 0.191 e. The molecule has 0 aliphatic heterocycles. The number of hydrogen-bond donors (Lipinski definition) is 2. The van der Waals surface area contributed by atoms with E-state index in [0.717, 1.165) is 43.7 Å². The minimum atomic E-state index is 0.729. The van der Waals surface area contributed by atoms with Crippen molar-refractivity contribution < 1.29 is 4.74 Å². The van der Waals surface area contributed by atoms with Crippen molar-refractivity contribution in [1.82, 2.24) is 10.6 Å². The zero-order chi connectivity index (χ0) is 14.9. The van der Waals surface area contributed by atoms with E-state index in [0.29, 0.717) is 0 Å². The molecule has 2 rings (SSSR count). The average Bonchev–Trinajstić information content (AvgIpc) is 3.34. The predicted molar refractivity (Wildman–Crippen MR) is 87.8 cm³/mol. The molecule has 0 amide bonds. The van der Waals surface area contributed by atoms with Crippen LogP contribution in [0.25, 0.3) is 0 Å². The Morgan fingerprint density at radius 3 is 2.81 bits per heavy atom. The van der Waals surface area contributed by atoms with Crippen LogP contribution in [0.3, 0.4) is 0 Å². The topological polar surface area (TPSA) is 45.7 Å². The van der Waals surface area contributed by atoms with Crippen LogP contribution >= 0.6 is 0 Å². The van der Waals surface area contributed by atoms with E-state index in [1.165, 1.54) is 24.8 Å². The molecule has 4 nitrogen and oxygen atoms in total. The molecule has 0 atom stereocenters. The number of nitrogens with zero attached hydrogens (tertiary/aromatic N) is 1. The monoisotopic (exact) mass is 289 g/mol. The molecule has 1 fully saturated rings. The lowest BCUT2D eigenvalue weighted by atomic mass is 10.2. The molecule has 0 unspecified atom stereocenters.